The average molecular weight is 415 g/mol. The maximum atomic E-state index is 13.6. The second-order valence-electron chi connectivity index (χ2n) is 8.82. The van der Waals surface area contributed by atoms with Gasteiger partial charge < -0.3 is 4.90 Å². The van der Waals surface area contributed by atoms with Crippen molar-refractivity contribution in [3.8, 4) is 5.69 Å². The molecule has 0 spiro atoms. The molecule has 0 radical (unpaired) electrons. The van der Waals surface area contributed by atoms with Crippen molar-refractivity contribution in [3.63, 3.8) is 0 Å². The zero-order valence-electron chi connectivity index (χ0n) is 18.2. The fourth-order valence-corrected chi connectivity index (χ4v) is 4.61. The van der Waals surface area contributed by atoms with Crippen LogP contribution in [0.25, 0.3) is 5.69 Å². The van der Waals surface area contributed by atoms with E-state index in [4.69, 9.17) is 0 Å². The lowest BCUT2D eigenvalue weighted by Gasteiger charge is -2.22. The van der Waals surface area contributed by atoms with E-state index in [1.807, 2.05) is 21.7 Å². The van der Waals surface area contributed by atoms with Crippen LogP contribution in [0.5, 0.6) is 0 Å². The Labute approximate surface area is 184 Å². The quantitative estimate of drug-likeness (QED) is 0.621. The maximum Gasteiger partial charge on any atom is 0.257 e. The monoisotopic (exact) mass is 414 g/mol. The summed E-state index contributed by atoms with van der Waals surface area (Å²) in [6.45, 7) is 6.56. The summed E-state index contributed by atoms with van der Waals surface area (Å²) in [5.41, 5.74) is 5.48. The average Bonchev–Trinajstić information content (AvgIpc) is 3.58. The molecule has 0 bridgehead atoms. The number of para-hydroxylation sites is 1. The second-order valence-corrected chi connectivity index (χ2v) is 8.82. The Hall–Kier alpha value is -2.92. The van der Waals surface area contributed by atoms with E-state index in [1.165, 1.54) is 11.1 Å². The predicted octanol–water partition coefficient (Wildman–Crippen LogP) is 4.41. The first-order chi connectivity index (χ1) is 15.2. The van der Waals surface area contributed by atoms with Crippen LogP contribution in [-0.4, -0.2) is 51.7 Å². The molecule has 0 atom stereocenters. The Morgan fingerprint density at radius 2 is 1.74 bits per heavy atom. The van der Waals surface area contributed by atoms with Gasteiger partial charge in [0, 0.05) is 38.6 Å². The molecule has 2 fully saturated rings. The lowest BCUT2D eigenvalue weighted by atomic mass is 10.1. The summed E-state index contributed by atoms with van der Waals surface area (Å²) in [7, 11) is 0. The molecule has 3 aromatic rings. The normalized spacial score (nSPS) is 17.5. The lowest BCUT2D eigenvalue weighted by molar-refractivity contribution is 0.0760. The highest BCUT2D eigenvalue weighted by molar-refractivity contribution is 5.95. The van der Waals surface area contributed by atoms with E-state index in [0.717, 1.165) is 68.9 Å². The third-order valence-corrected chi connectivity index (χ3v) is 6.47. The van der Waals surface area contributed by atoms with E-state index in [0.29, 0.717) is 5.92 Å². The summed E-state index contributed by atoms with van der Waals surface area (Å²) in [4.78, 5) is 18.1. The fraction of sp³-hybridized carbons (Fsp3) is 0.385. The number of rotatable bonds is 5. The van der Waals surface area contributed by atoms with Crippen molar-refractivity contribution >= 4 is 5.91 Å². The number of carbonyl (C=O) groups excluding carboxylic acids is 1. The van der Waals surface area contributed by atoms with Gasteiger partial charge in [-0.05, 0) is 43.4 Å². The van der Waals surface area contributed by atoms with E-state index in [2.05, 4.69) is 59.4 Å². The molecule has 5 nitrogen and oxygen atoms in total. The Morgan fingerprint density at radius 3 is 2.52 bits per heavy atom. The number of hydrogen-bond donors (Lipinski definition) is 0. The minimum Gasteiger partial charge on any atom is -0.337 e. The molecular formula is C26H30N4O. The Balaban J connectivity index is 1.34. The minimum absolute atomic E-state index is 0.142. The van der Waals surface area contributed by atoms with E-state index in [-0.39, 0.29) is 5.91 Å². The van der Waals surface area contributed by atoms with Crippen LogP contribution in [-0.2, 0) is 6.54 Å². The van der Waals surface area contributed by atoms with Crippen LogP contribution in [0.15, 0.2) is 60.8 Å². The number of amides is 1. The molecule has 1 aliphatic carbocycles. The largest absolute Gasteiger partial charge is 0.337 e. The van der Waals surface area contributed by atoms with Crippen LogP contribution in [0.1, 0.15) is 52.4 Å². The molecule has 5 heteroatoms. The van der Waals surface area contributed by atoms with E-state index in [1.54, 1.807) is 6.20 Å². The summed E-state index contributed by atoms with van der Waals surface area (Å²) in [6.07, 6.45) is 5.09. The van der Waals surface area contributed by atoms with Crippen LogP contribution in [0.2, 0.25) is 0 Å². The van der Waals surface area contributed by atoms with Crippen molar-refractivity contribution in [3.05, 3.63) is 83.2 Å². The van der Waals surface area contributed by atoms with Crippen LogP contribution in [0, 0.1) is 6.92 Å². The van der Waals surface area contributed by atoms with Crippen molar-refractivity contribution < 1.29 is 4.79 Å². The molecule has 1 saturated heterocycles. The highest BCUT2D eigenvalue weighted by atomic mass is 16.2. The fourth-order valence-electron chi connectivity index (χ4n) is 4.61. The number of aromatic nitrogens is 2. The predicted molar refractivity (Wildman–Crippen MR) is 123 cm³/mol. The van der Waals surface area contributed by atoms with Gasteiger partial charge in [-0.15, -0.1) is 0 Å². The van der Waals surface area contributed by atoms with Gasteiger partial charge in [-0.25, -0.2) is 4.68 Å². The summed E-state index contributed by atoms with van der Waals surface area (Å²) in [5.74, 6) is 0.589. The van der Waals surface area contributed by atoms with E-state index < -0.39 is 0 Å². The molecule has 2 aliphatic rings. The molecule has 1 aromatic heterocycles. The highest BCUT2D eigenvalue weighted by Crippen LogP contribution is 2.43. The number of aryl methyl sites for hydroxylation is 1. The highest BCUT2D eigenvalue weighted by Gasteiger charge is 2.34. The molecule has 1 amide bonds. The third kappa shape index (κ3) is 4.28. The summed E-state index contributed by atoms with van der Waals surface area (Å²) >= 11 is 0. The second kappa shape index (κ2) is 8.67. The molecule has 31 heavy (non-hydrogen) atoms. The van der Waals surface area contributed by atoms with Crippen molar-refractivity contribution in [2.24, 2.45) is 0 Å². The van der Waals surface area contributed by atoms with Crippen molar-refractivity contribution in [1.29, 1.82) is 0 Å². The topological polar surface area (TPSA) is 41.4 Å². The molecular weight excluding hydrogens is 384 g/mol. The first-order valence-corrected chi connectivity index (χ1v) is 11.4. The van der Waals surface area contributed by atoms with Gasteiger partial charge in [-0.3, -0.25) is 9.69 Å². The molecule has 0 unspecified atom stereocenters. The van der Waals surface area contributed by atoms with Crippen LogP contribution < -0.4 is 0 Å². The van der Waals surface area contributed by atoms with Crippen LogP contribution in [0.3, 0.4) is 0 Å². The van der Waals surface area contributed by atoms with Gasteiger partial charge in [0.2, 0.25) is 0 Å². The number of carbonyl (C=O) groups is 1. The summed E-state index contributed by atoms with van der Waals surface area (Å²) in [6, 6.07) is 18.9. The molecule has 1 saturated carbocycles. The van der Waals surface area contributed by atoms with Gasteiger partial charge in [-0.2, -0.15) is 5.10 Å². The van der Waals surface area contributed by atoms with Gasteiger partial charge in [0.1, 0.15) is 0 Å². The van der Waals surface area contributed by atoms with Gasteiger partial charge in [0.05, 0.1) is 23.1 Å². The standard InChI is InChI=1S/C26H30N4O/c1-20-8-5-6-11-24(20)30-25(22-12-13-22)23(18-27-30)26(31)29-15-7-14-28(16-17-29)19-21-9-3-2-4-10-21/h2-6,8-11,18,22H,7,12-17,19H2,1H3. The zero-order valence-corrected chi connectivity index (χ0v) is 18.2. The SMILES string of the molecule is Cc1ccccc1-n1ncc(C(=O)N2CCCN(Cc3ccccc3)CC2)c1C1CC1. The van der Waals surface area contributed by atoms with E-state index in [9.17, 15) is 4.79 Å². The first kappa shape index (κ1) is 20.0. The zero-order chi connectivity index (χ0) is 21.2. The Morgan fingerprint density at radius 1 is 0.968 bits per heavy atom. The van der Waals surface area contributed by atoms with Gasteiger partial charge in [0.15, 0.2) is 0 Å². The van der Waals surface area contributed by atoms with Crippen molar-refractivity contribution in [2.75, 3.05) is 26.2 Å². The van der Waals surface area contributed by atoms with Gasteiger partial charge >= 0.3 is 0 Å². The molecule has 160 valence electrons. The molecule has 5 rings (SSSR count). The number of benzene rings is 2. The summed E-state index contributed by atoms with van der Waals surface area (Å²) in [5, 5.41) is 4.68. The summed E-state index contributed by atoms with van der Waals surface area (Å²) < 4.78 is 2.01. The molecule has 2 heterocycles. The van der Waals surface area contributed by atoms with Crippen LogP contribution >= 0.6 is 0 Å². The number of hydrogen-bond acceptors (Lipinski definition) is 3. The van der Waals surface area contributed by atoms with Crippen molar-refractivity contribution in [2.45, 2.75) is 38.6 Å². The third-order valence-electron chi connectivity index (χ3n) is 6.47. The Bertz CT molecular complexity index is 1050. The first-order valence-electron chi connectivity index (χ1n) is 11.4. The lowest BCUT2D eigenvalue weighted by Crippen LogP contribution is -2.35. The van der Waals surface area contributed by atoms with Crippen molar-refractivity contribution in [1.82, 2.24) is 19.6 Å². The molecule has 0 N–H and O–H groups in total. The molecule has 1 aliphatic heterocycles. The molecule has 2 aromatic carbocycles. The number of nitrogens with zero attached hydrogens (tertiary/aromatic N) is 4. The maximum absolute atomic E-state index is 13.6. The van der Waals surface area contributed by atoms with Gasteiger partial charge in [-0.1, -0.05) is 48.5 Å². The van der Waals surface area contributed by atoms with Gasteiger partial charge in [0.25, 0.3) is 5.91 Å². The van der Waals surface area contributed by atoms with Crippen LogP contribution in [0.4, 0.5) is 0 Å². The Kier molecular flexibility index (Phi) is 5.60. The minimum atomic E-state index is 0.142. The van der Waals surface area contributed by atoms with E-state index >= 15 is 0 Å². The smallest absolute Gasteiger partial charge is 0.257 e.